The number of carbonyl (C=O) groups is 2. The lowest BCUT2D eigenvalue weighted by atomic mass is 9.47. The first-order valence-electron chi connectivity index (χ1n) is 18.5. The number of nitrogens with one attached hydrogen (secondary N) is 1. The fourth-order valence-corrected chi connectivity index (χ4v) is 10.4. The number of allylic oxidation sites excluding steroid dienone is 1. The molecule has 4 aliphatic carbocycles. The highest BCUT2D eigenvalue weighted by Gasteiger charge is 2.59. The second kappa shape index (κ2) is 15.9. The Morgan fingerprint density at radius 1 is 1.02 bits per heavy atom. The summed E-state index contributed by atoms with van der Waals surface area (Å²) in [5.41, 5.74) is 2.53. The van der Waals surface area contributed by atoms with Crippen LogP contribution < -0.4 is 5.32 Å². The van der Waals surface area contributed by atoms with Gasteiger partial charge in [-0.3, -0.25) is 14.5 Å². The number of nitrogens with zero attached hydrogens (tertiary/aromatic N) is 1. The van der Waals surface area contributed by atoms with E-state index in [1.54, 1.807) is 12.5 Å². The average molecular weight is 615 g/mol. The Hall–Kier alpha value is -1.40. The fourth-order valence-electron chi connectivity index (χ4n) is 10.4. The third-order valence-electron chi connectivity index (χ3n) is 12.6. The van der Waals surface area contributed by atoms with Crippen molar-refractivity contribution in [2.24, 2.45) is 46.3 Å². The summed E-state index contributed by atoms with van der Waals surface area (Å²) < 4.78 is 11.4. The number of fused-ring (bicyclic) bond motifs is 5. The minimum atomic E-state index is -0.276. The highest BCUT2D eigenvalue weighted by atomic mass is 16.5. The van der Waals surface area contributed by atoms with E-state index in [0.29, 0.717) is 37.1 Å². The summed E-state index contributed by atoms with van der Waals surface area (Å²) in [5.74, 6) is 4.85. The highest BCUT2D eigenvalue weighted by molar-refractivity contribution is 5.79. The minimum Gasteiger partial charge on any atom is -0.465 e. The van der Waals surface area contributed by atoms with Crippen LogP contribution in [0.15, 0.2) is 11.6 Å². The molecule has 0 radical (unpaired) electrons. The molecule has 0 heterocycles. The summed E-state index contributed by atoms with van der Waals surface area (Å²) in [5, 5.41) is 3.00. The molecule has 0 aliphatic heterocycles. The molecule has 0 bridgehead atoms. The van der Waals surface area contributed by atoms with Gasteiger partial charge in [0.25, 0.3) is 0 Å². The predicted octanol–water partition coefficient (Wildman–Crippen LogP) is 7.80. The summed E-state index contributed by atoms with van der Waals surface area (Å²) >= 11 is 0. The quantitative estimate of drug-likeness (QED) is 0.109. The van der Waals surface area contributed by atoms with Crippen LogP contribution in [0.2, 0.25) is 0 Å². The van der Waals surface area contributed by atoms with Crippen molar-refractivity contribution >= 4 is 11.9 Å². The van der Waals surface area contributed by atoms with Crippen LogP contribution in [0.1, 0.15) is 126 Å². The van der Waals surface area contributed by atoms with Crippen molar-refractivity contribution < 1.29 is 19.1 Å². The zero-order valence-corrected chi connectivity index (χ0v) is 29.4. The minimum absolute atomic E-state index is 0.0630. The molecule has 252 valence electrons. The van der Waals surface area contributed by atoms with Crippen molar-refractivity contribution in [3.05, 3.63) is 11.6 Å². The molecule has 0 saturated heterocycles. The second-order valence-corrected chi connectivity index (χ2v) is 15.9. The first-order valence-corrected chi connectivity index (χ1v) is 18.5. The number of carbonyl (C=O) groups excluding carboxylic acids is 2. The lowest BCUT2D eigenvalue weighted by molar-refractivity contribution is -0.144. The van der Waals surface area contributed by atoms with Crippen LogP contribution in [-0.2, 0) is 19.1 Å². The smallest absolute Gasteiger partial charge is 0.320 e. The van der Waals surface area contributed by atoms with E-state index in [4.69, 9.17) is 9.47 Å². The topological polar surface area (TPSA) is 67.9 Å². The first-order chi connectivity index (χ1) is 21.0. The third-order valence-corrected chi connectivity index (χ3v) is 12.6. The third kappa shape index (κ3) is 8.30. The van der Waals surface area contributed by atoms with Gasteiger partial charge < -0.3 is 14.8 Å². The van der Waals surface area contributed by atoms with Gasteiger partial charge in [0.2, 0.25) is 5.91 Å². The summed E-state index contributed by atoms with van der Waals surface area (Å²) in [6, 6.07) is 0. The van der Waals surface area contributed by atoms with Crippen LogP contribution in [-0.4, -0.2) is 62.3 Å². The summed E-state index contributed by atoms with van der Waals surface area (Å²) in [7, 11) is 0. The molecular weight excluding hydrogens is 548 g/mol. The van der Waals surface area contributed by atoms with E-state index in [9.17, 15) is 9.59 Å². The molecule has 3 saturated carbocycles. The zero-order valence-electron chi connectivity index (χ0n) is 29.4. The van der Waals surface area contributed by atoms with Gasteiger partial charge in [-0.05, 0) is 118 Å². The van der Waals surface area contributed by atoms with Gasteiger partial charge in [0.1, 0.15) is 0 Å². The van der Waals surface area contributed by atoms with Crippen molar-refractivity contribution in [3.63, 3.8) is 0 Å². The maximum atomic E-state index is 12.5. The zero-order chi connectivity index (χ0) is 31.9. The molecule has 0 aromatic rings. The van der Waals surface area contributed by atoms with Crippen molar-refractivity contribution in [2.45, 2.75) is 132 Å². The summed E-state index contributed by atoms with van der Waals surface area (Å²) in [6.45, 7) is 18.9. The van der Waals surface area contributed by atoms with Crippen LogP contribution in [0.4, 0.5) is 0 Å². The fraction of sp³-hybridized carbons (Fsp3) is 0.895. The molecule has 0 unspecified atom stereocenters. The van der Waals surface area contributed by atoms with Crippen molar-refractivity contribution in [3.8, 4) is 0 Å². The Kier molecular flexibility index (Phi) is 12.8. The van der Waals surface area contributed by atoms with Gasteiger partial charge in [-0.1, -0.05) is 72.5 Å². The van der Waals surface area contributed by atoms with E-state index in [2.05, 4.69) is 46.0 Å². The van der Waals surface area contributed by atoms with Gasteiger partial charge in [0.05, 0.1) is 32.4 Å². The SMILES string of the molecule is CCCN(CC(=O)NCCO[C@H]1CC[C@@]2(C)C(=CC[C@H]3[C@@H]4CC[C@H]([C@H](C)CCCC(C)C)[C@@]4(C)CC[C@@H]32)C1)CC(=O)OCC. The molecule has 6 heteroatoms. The summed E-state index contributed by atoms with van der Waals surface area (Å²) in [4.78, 5) is 26.3. The normalized spacial score (nSPS) is 33.8. The number of ether oxygens (including phenoxy) is 2. The van der Waals surface area contributed by atoms with Gasteiger partial charge in [0.15, 0.2) is 0 Å². The van der Waals surface area contributed by atoms with E-state index in [1.807, 2.05) is 11.8 Å². The summed E-state index contributed by atoms with van der Waals surface area (Å²) in [6.07, 6.45) is 18.4. The van der Waals surface area contributed by atoms with E-state index in [0.717, 1.165) is 54.8 Å². The van der Waals surface area contributed by atoms with Crippen LogP contribution in [0, 0.1) is 46.3 Å². The molecule has 3 fully saturated rings. The standard InChI is InChI=1S/C38H66N2O4/c1-8-22-40(26-36(42)43-9-2)25-35(41)39-21-23-44-30-17-19-37(6)29(24-30)13-14-31-33-16-15-32(28(5)12-10-11-27(3)4)38(33,7)20-18-34(31)37/h13,27-28,30-34H,8-12,14-26H2,1-7H3,(H,39,41)/t28-,30+,31+,32-,33+,34+,37+,38-/m1/s1. The van der Waals surface area contributed by atoms with Crippen LogP contribution in [0.3, 0.4) is 0 Å². The van der Waals surface area contributed by atoms with Crippen LogP contribution in [0.5, 0.6) is 0 Å². The number of amides is 1. The van der Waals surface area contributed by atoms with Gasteiger partial charge in [0, 0.05) is 6.54 Å². The number of hydrogen-bond acceptors (Lipinski definition) is 5. The molecule has 8 atom stereocenters. The number of rotatable bonds is 16. The molecule has 1 amide bonds. The number of hydrogen-bond donors (Lipinski definition) is 1. The molecule has 1 N–H and O–H groups in total. The molecule has 6 nitrogen and oxygen atoms in total. The predicted molar refractivity (Wildman–Crippen MR) is 179 cm³/mol. The van der Waals surface area contributed by atoms with Gasteiger partial charge >= 0.3 is 5.97 Å². The maximum Gasteiger partial charge on any atom is 0.320 e. The lowest BCUT2D eigenvalue weighted by Crippen LogP contribution is -2.51. The van der Waals surface area contributed by atoms with Gasteiger partial charge in [-0.2, -0.15) is 0 Å². The highest BCUT2D eigenvalue weighted by Crippen LogP contribution is 2.67. The molecule has 0 aromatic carbocycles. The van der Waals surface area contributed by atoms with Crippen LogP contribution in [0.25, 0.3) is 0 Å². The largest absolute Gasteiger partial charge is 0.465 e. The average Bonchev–Trinajstić information content (AvgIpc) is 3.32. The Balaban J connectivity index is 1.25. The molecule has 0 spiro atoms. The van der Waals surface area contributed by atoms with Crippen molar-refractivity contribution in [1.82, 2.24) is 10.2 Å². The Bertz CT molecular complexity index is 980. The van der Waals surface area contributed by atoms with E-state index in [-0.39, 0.29) is 31.1 Å². The van der Waals surface area contributed by atoms with E-state index in [1.165, 1.54) is 57.8 Å². The molecule has 4 rings (SSSR count). The van der Waals surface area contributed by atoms with Crippen molar-refractivity contribution in [2.75, 3.05) is 39.4 Å². The Labute approximate surface area is 269 Å². The molecule has 4 aliphatic rings. The van der Waals surface area contributed by atoms with Crippen molar-refractivity contribution in [1.29, 1.82) is 0 Å². The number of esters is 1. The lowest BCUT2D eigenvalue weighted by Gasteiger charge is -2.58. The molecular formula is C38H66N2O4. The van der Waals surface area contributed by atoms with E-state index < -0.39 is 0 Å². The first kappa shape index (κ1) is 35.5. The Morgan fingerprint density at radius 2 is 1.82 bits per heavy atom. The van der Waals surface area contributed by atoms with E-state index >= 15 is 0 Å². The maximum absolute atomic E-state index is 12.5. The van der Waals surface area contributed by atoms with Gasteiger partial charge in [-0.25, -0.2) is 0 Å². The Morgan fingerprint density at radius 3 is 2.55 bits per heavy atom. The monoisotopic (exact) mass is 615 g/mol. The molecule has 44 heavy (non-hydrogen) atoms. The second-order valence-electron chi connectivity index (χ2n) is 15.9. The van der Waals surface area contributed by atoms with Gasteiger partial charge in [-0.15, -0.1) is 0 Å². The molecule has 0 aromatic heterocycles. The van der Waals surface area contributed by atoms with Crippen LogP contribution >= 0.6 is 0 Å².